The molecule has 6 nitrogen and oxygen atoms in total. The Labute approximate surface area is 158 Å². The van der Waals surface area contributed by atoms with E-state index >= 15 is 0 Å². The molecule has 1 aliphatic rings. The van der Waals surface area contributed by atoms with Gasteiger partial charge in [0, 0.05) is 32.3 Å². The van der Waals surface area contributed by atoms with Crippen LogP contribution in [0, 0.1) is 0 Å². The third kappa shape index (κ3) is 3.38. The van der Waals surface area contributed by atoms with Crippen molar-refractivity contribution in [3.63, 3.8) is 0 Å². The predicted molar refractivity (Wildman–Crippen MR) is 104 cm³/mol. The van der Waals surface area contributed by atoms with E-state index in [4.69, 9.17) is 4.74 Å². The summed E-state index contributed by atoms with van der Waals surface area (Å²) in [6.45, 7) is 1.18. The Hall–Kier alpha value is -3.28. The van der Waals surface area contributed by atoms with E-state index in [1.807, 2.05) is 60.7 Å². The molecule has 3 aromatic rings. The molecule has 1 atom stereocenters. The fourth-order valence-electron chi connectivity index (χ4n) is 3.61. The zero-order chi connectivity index (χ0) is 18.8. The van der Waals surface area contributed by atoms with Crippen LogP contribution >= 0.6 is 0 Å². The molecular formula is C21H22N4O2. The van der Waals surface area contributed by atoms with Gasteiger partial charge in [0.2, 0.25) is 0 Å². The summed E-state index contributed by atoms with van der Waals surface area (Å²) >= 11 is 0. The summed E-state index contributed by atoms with van der Waals surface area (Å²) in [5.74, 6) is 0.749. The number of nitrogens with one attached hydrogen (secondary N) is 1. The molecule has 0 bridgehead atoms. The number of carbonyl (C=O) groups is 1. The molecule has 2 amide bonds. The van der Waals surface area contributed by atoms with E-state index in [2.05, 4.69) is 22.5 Å². The number of urea groups is 1. The number of rotatable bonds is 3. The molecule has 2 heterocycles. The SMILES string of the molecule is COc1ccccc1NC(=O)N1Cc2ccccc2C(c2cnn(C)c2)C1. The van der Waals surface area contributed by atoms with Crippen LogP contribution in [0.4, 0.5) is 10.5 Å². The van der Waals surface area contributed by atoms with Gasteiger partial charge in [0.1, 0.15) is 5.75 Å². The number of fused-ring (bicyclic) bond motifs is 1. The summed E-state index contributed by atoms with van der Waals surface area (Å²) in [5.41, 5.74) is 4.20. The Morgan fingerprint density at radius 2 is 1.96 bits per heavy atom. The maximum Gasteiger partial charge on any atom is 0.322 e. The van der Waals surface area contributed by atoms with Gasteiger partial charge in [0.15, 0.2) is 0 Å². The van der Waals surface area contributed by atoms with E-state index in [1.165, 1.54) is 5.56 Å². The van der Waals surface area contributed by atoms with Crippen molar-refractivity contribution in [2.45, 2.75) is 12.5 Å². The lowest BCUT2D eigenvalue weighted by Gasteiger charge is -2.34. The minimum absolute atomic E-state index is 0.104. The second-order valence-corrected chi connectivity index (χ2v) is 6.71. The number of hydrogen-bond acceptors (Lipinski definition) is 3. The Morgan fingerprint density at radius 3 is 2.74 bits per heavy atom. The molecule has 1 aromatic heterocycles. The van der Waals surface area contributed by atoms with Crippen LogP contribution in [0.1, 0.15) is 22.6 Å². The molecule has 0 spiro atoms. The van der Waals surface area contributed by atoms with Crippen LogP contribution in [0.5, 0.6) is 5.75 Å². The Balaban J connectivity index is 1.62. The standard InChI is InChI=1S/C21H22N4O2/c1-24-12-16(11-22-24)18-14-25(13-15-7-3-4-8-17(15)18)21(26)23-19-9-5-6-10-20(19)27-2/h3-12,18H,13-14H2,1-2H3,(H,23,26). The van der Waals surface area contributed by atoms with E-state index in [-0.39, 0.29) is 11.9 Å². The zero-order valence-electron chi connectivity index (χ0n) is 15.4. The van der Waals surface area contributed by atoms with Crippen molar-refractivity contribution >= 4 is 11.7 Å². The number of aromatic nitrogens is 2. The minimum atomic E-state index is -0.136. The van der Waals surface area contributed by atoms with Crippen LogP contribution < -0.4 is 10.1 Å². The molecule has 1 unspecified atom stereocenters. The topological polar surface area (TPSA) is 59.4 Å². The molecule has 0 aliphatic carbocycles. The Kier molecular flexibility index (Phi) is 4.54. The van der Waals surface area contributed by atoms with Crippen molar-refractivity contribution in [1.82, 2.24) is 14.7 Å². The van der Waals surface area contributed by atoms with Gasteiger partial charge in [-0.2, -0.15) is 5.10 Å². The maximum atomic E-state index is 13.0. The molecular weight excluding hydrogens is 340 g/mol. The first-order valence-corrected chi connectivity index (χ1v) is 8.91. The van der Waals surface area contributed by atoms with Crippen molar-refractivity contribution in [3.05, 3.63) is 77.6 Å². The summed E-state index contributed by atoms with van der Waals surface area (Å²) in [6.07, 6.45) is 3.89. The average Bonchev–Trinajstić information content (AvgIpc) is 3.13. The van der Waals surface area contributed by atoms with E-state index in [0.29, 0.717) is 24.5 Å². The first-order valence-electron chi connectivity index (χ1n) is 8.91. The predicted octanol–water partition coefficient (Wildman–Crippen LogP) is 3.61. The monoisotopic (exact) mass is 362 g/mol. The first kappa shape index (κ1) is 17.1. The highest BCUT2D eigenvalue weighted by atomic mass is 16.5. The number of nitrogens with zero attached hydrogens (tertiary/aromatic N) is 3. The first-order chi connectivity index (χ1) is 13.2. The number of ether oxygens (including phenoxy) is 1. The van der Waals surface area contributed by atoms with E-state index in [9.17, 15) is 4.79 Å². The Morgan fingerprint density at radius 1 is 1.19 bits per heavy atom. The summed E-state index contributed by atoms with van der Waals surface area (Å²) in [5, 5.41) is 7.29. The van der Waals surface area contributed by atoms with Crippen LogP contribution in [0.2, 0.25) is 0 Å². The maximum absolute atomic E-state index is 13.0. The summed E-state index contributed by atoms with van der Waals surface area (Å²) in [6, 6.07) is 15.6. The van der Waals surface area contributed by atoms with Gasteiger partial charge in [-0.05, 0) is 28.8 Å². The molecule has 0 fully saturated rings. The number of aryl methyl sites for hydroxylation is 1. The van der Waals surface area contributed by atoms with Gasteiger partial charge < -0.3 is 15.0 Å². The van der Waals surface area contributed by atoms with Gasteiger partial charge in [0.05, 0.1) is 19.0 Å². The molecule has 0 saturated heterocycles. The van der Waals surface area contributed by atoms with Gasteiger partial charge in [-0.15, -0.1) is 0 Å². The van der Waals surface area contributed by atoms with E-state index in [1.54, 1.807) is 11.8 Å². The largest absolute Gasteiger partial charge is 0.495 e. The second-order valence-electron chi connectivity index (χ2n) is 6.71. The minimum Gasteiger partial charge on any atom is -0.495 e. The van der Waals surface area contributed by atoms with Crippen LogP contribution in [0.15, 0.2) is 60.9 Å². The van der Waals surface area contributed by atoms with Crippen LogP contribution in [-0.2, 0) is 13.6 Å². The lowest BCUT2D eigenvalue weighted by atomic mass is 9.86. The lowest BCUT2D eigenvalue weighted by Crippen LogP contribution is -2.41. The molecule has 0 radical (unpaired) electrons. The molecule has 27 heavy (non-hydrogen) atoms. The number of methoxy groups -OCH3 is 1. The van der Waals surface area contributed by atoms with Gasteiger partial charge in [-0.3, -0.25) is 4.68 Å². The second kappa shape index (κ2) is 7.15. The number of hydrogen-bond donors (Lipinski definition) is 1. The highest BCUT2D eigenvalue weighted by Gasteiger charge is 2.30. The summed E-state index contributed by atoms with van der Waals surface area (Å²) < 4.78 is 7.14. The third-order valence-corrected chi connectivity index (χ3v) is 4.96. The van der Waals surface area contributed by atoms with E-state index < -0.39 is 0 Å². The van der Waals surface area contributed by atoms with Crippen molar-refractivity contribution < 1.29 is 9.53 Å². The number of carbonyl (C=O) groups excluding carboxylic acids is 1. The highest BCUT2D eigenvalue weighted by Crippen LogP contribution is 2.34. The van der Waals surface area contributed by atoms with Crippen molar-refractivity contribution in [2.24, 2.45) is 7.05 Å². The molecule has 4 rings (SSSR count). The third-order valence-electron chi connectivity index (χ3n) is 4.96. The van der Waals surface area contributed by atoms with Gasteiger partial charge in [-0.1, -0.05) is 36.4 Å². The lowest BCUT2D eigenvalue weighted by molar-refractivity contribution is 0.202. The smallest absolute Gasteiger partial charge is 0.322 e. The molecule has 1 aliphatic heterocycles. The summed E-state index contributed by atoms with van der Waals surface area (Å²) in [4.78, 5) is 14.8. The van der Waals surface area contributed by atoms with Crippen molar-refractivity contribution in [1.29, 1.82) is 0 Å². The molecule has 2 aromatic carbocycles. The molecule has 1 N–H and O–H groups in total. The highest BCUT2D eigenvalue weighted by molar-refractivity contribution is 5.91. The van der Waals surface area contributed by atoms with Gasteiger partial charge in [-0.25, -0.2) is 4.79 Å². The molecule has 6 heteroatoms. The quantitative estimate of drug-likeness (QED) is 0.774. The number of benzene rings is 2. The Bertz CT molecular complexity index is 966. The van der Waals surface area contributed by atoms with Crippen LogP contribution in [0.25, 0.3) is 0 Å². The van der Waals surface area contributed by atoms with Gasteiger partial charge in [0.25, 0.3) is 0 Å². The van der Waals surface area contributed by atoms with Crippen LogP contribution in [0.3, 0.4) is 0 Å². The van der Waals surface area contributed by atoms with Crippen molar-refractivity contribution in [2.75, 3.05) is 19.0 Å². The molecule has 138 valence electrons. The molecule has 0 saturated carbocycles. The number of para-hydroxylation sites is 2. The zero-order valence-corrected chi connectivity index (χ0v) is 15.4. The normalized spacial score (nSPS) is 15.9. The van der Waals surface area contributed by atoms with Gasteiger partial charge >= 0.3 is 6.03 Å². The van der Waals surface area contributed by atoms with Crippen molar-refractivity contribution in [3.8, 4) is 5.75 Å². The number of amides is 2. The average molecular weight is 362 g/mol. The van der Waals surface area contributed by atoms with Crippen LogP contribution in [-0.4, -0.2) is 34.4 Å². The number of anilines is 1. The summed E-state index contributed by atoms with van der Waals surface area (Å²) in [7, 11) is 3.50. The fraction of sp³-hybridized carbons (Fsp3) is 0.238. The van der Waals surface area contributed by atoms with E-state index in [0.717, 1.165) is 11.1 Å². The fourth-order valence-corrected chi connectivity index (χ4v) is 3.61.